The van der Waals surface area contributed by atoms with Crippen molar-refractivity contribution in [1.29, 1.82) is 0 Å². The number of methoxy groups -OCH3 is 2. The summed E-state index contributed by atoms with van der Waals surface area (Å²) in [7, 11) is 2.98. The second kappa shape index (κ2) is 8.66. The maximum atomic E-state index is 11.9. The summed E-state index contributed by atoms with van der Waals surface area (Å²) in [5.74, 6) is 0.982. The lowest BCUT2D eigenvalue weighted by atomic mass is 10.1. The van der Waals surface area contributed by atoms with E-state index < -0.39 is 11.3 Å². The van der Waals surface area contributed by atoms with Crippen LogP contribution in [0.4, 0.5) is 0 Å². The van der Waals surface area contributed by atoms with E-state index in [2.05, 4.69) is 16.4 Å². The van der Waals surface area contributed by atoms with Crippen LogP contribution in [0.2, 0.25) is 0 Å². The lowest BCUT2D eigenvalue weighted by Gasteiger charge is -2.19. The van der Waals surface area contributed by atoms with Crippen molar-refractivity contribution in [1.82, 2.24) is 19.4 Å². The van der Waals surface area contributed by atoms with E-state index in [0.29, 0.717) is 43.1 Å². The summed E-state index contributed by atoms with van der Waals surface area (Å²) in [4.78, 5) is 13.7. The standard InChI is InChI=1S/C19H24N4O5S/c1-5-18(24)22-9-14-10-23(20-15(14)11-22)8-13-6-16(27-3)19(17(7-13)28-4)12(2)21-29(25)26/h6-7,10,21H,2,5,8-9,11H2,1,3-4H3,(H,25,26)/p-1. The van der Waals surface area contributed by atoms with Crippen LogP contribution in [0.1, 0.15) is 35.7 Å². The summed E-state index contributed by atoms with van der Waals surface area (Å²) < 4.78 is 36.8. The van der Waals surface area contributed by atoms with Crippen LogP contribution in [0.25, 0.3) is 5.70 Å². The first-order valence-electron chi connectivity index (χ1n) is 8.99. The van der Waals surface area contributed by atoms with Crippen LogP contribution in [0, 0.1) is 0 Å². The van der Waals surface area contributed by atoms with Gasteiger partial charge in [-0.15, -0.1) is 0 Å². The number of hydrogen-bond donors (Lipinski definition) is 1. The third-order valence-corrected chi connectivity index (χ3v) is 5.11. The van der Waals surface area contributed by atoms with E-state index in [1.54, 1.807) is 17.0 Å². The van der Waals surface area contributed by atoms with Crippen molar-refractivity contribution in [3.8, 4) is 11.5 Å². The SMILES string of the molecule is C=C(NS(=O)[O-])c1c(OC)cc(Cn2cc3c(n2)CN(C(=O)CC)C3)cc1OC. The van der Waals surface area contributed by atoms with Crippen LogP contribution in [-0.2, 0) is 35.7 Å². The Morgan fingerprint density at radius 1 is 1.31 bits per heavy atom. The van der Waals surface area contributed by atoms with E-state index in [1.807, 2.05) is 17.8 Å². The Balaban J connectivity index is 1.83. The van der Waals surface area contributed by atoms with Gasteiger partial charge in [-0.3, -0.25) is 13.7 Å². The van der Waals surface area contributed by atoms with Gasteiger partial charge in [0.05, 0.1) is 44.3 Å². The van der Waals surface area contributed by atoms with Crippen molar-refractivity contribution >= 4 is 22.9 Å². The highest BCUT2D eigenvalue weighted by atomic mass is 32.2. The quantitative estimate of drug-likeness (QED) is 0.651. The Kier molecular flexibility index (Phi) is 6.23. The fraction of sp³-hybridized carbons (Fsp3) is 0.368. The third kappa shape index (κ3) is 4.43. The Morgan fingerprint density at radius 3 is 2.48 bits per heavy atom. The van der Waals surface area contributed by atoms with Crippen LogP contribution in [0.3, 0.4) is 0 Å². The Hall–Kier alpha value is -2.85. The van der Waals surface area contributed by atoms with Gasteiger partial charge in [-0.05, 0) is 17.7 Å². The third-order valence-electron chi connectivity index (χ3n) is 4.70. The lowest BCUT2D eigenvalue weighted by molar-refractivity contribution is -0.131. The first-order chi connectivity index (χ1) is 13.9. The molecular formula is C19H23N4O5S-. The molecule has 0 radical (unpaired) electrons. The van der Waals surface area contributed by atoms with Crippen LogP contribution in [-0.4, -0.2) is 43.6 Å². The Labute approximate surface area is 171 Å². The Bertz CT molecular complexity index is 923. The van der Waals surface area contributed by atoms with Gasteiger partial charge in [0.15, 0.2) is 0 Å². The molecule has 1 aliphatic heterocycles. The van der Waals surface area contributed by atoms with Crippen molar-refractivity contribution in [2.45, 2.75) is 33.0 Å². The van der Waals surface area contributed by atoms with Gasteiger partial charge in [-0.25, -0.2) is 0 Å². The van der Waals surface area contributed by atoms with Crippen molar-refractivity contribution in [3.05, 3.63) is 47.3 Å². The second-order valence-electron chi connectivity index (χ2n) is 6.59. The van der Waals surface area contributed by atoms with Gasteiger partial charge >= 0.3 is 0 Å². The first-order valence-corrected chi connectivity index (χ1v) is 10.1. The molecular weight excluding hydrogens is 396 g/mol. The molecule has 2 aromatic rings. The Morgan fingerprint density at radius 2 is 1.97 bits per heavy atom. The van der Waals surface area contributed by atoms with E-state index in [4.69, 9.17) is 9.47 Å². The molecule has 0 saturated heterocycles. The molecule has 9 nitrogen and oxygen atoms in total. The van der Waals surface area contributed by atoms with Crippen LogP contribution >= 0.6 is 0 Å². The van der Waals surface area contributed by atoms with Gasteiger partial charge in [-0.1, -0.05) is 13.5 Å². The predicted octanol–water partition coefficient (Wildman–Crippen LogP) is 1.56. The van der Waals surface area contributed by atoms with Crippen molar-refractivity contribution in [3.63, 3.8) is 0 Å². The van der Waals surface area contributed by atoms with Gasteiger partial charge in [0.1, 0.15) is 11.5 Å². The van der Waals surface area contributed by atoms with E-state index in [0.717, 1.165) is 16.8 Å². The van der Waals surface area contributed by atoms with E-state index in [-0.39, 0.29) is 11.6 Å². The van der Waals surface area contributed by atoms with Crippen LogP contribution < -0.4 is 14.2 Å². The van der Waals surface area contributed by atoms with Crippen molar-refractivity contribution < 1.29 is 23.0 Å². The second-order valence-corrected chi connectivity index (χ2v) is 7.27. The molecule has 0 fully saturated rings. The van der Waals surface area contributed by atoms with E-state index in [9.17, 15) is 13.6 Å². The smallest absolute Gasteiger partial charge is 0.222 e. The number of nitrogens with one attached hydrogen (secondary N) is 1. The van der Waals surface area contributed by atoms with E-state index >= 15 is 0 Å². The molecule has 156 valence electrons. The molecule has 0 aliphatic carbocycles. The minimum Gasteiger partial charge on any atom is -0.755 e. The highest BCUT2D eigenvalue weighted by molar-refractivity contribution is 7.77. The zero-order chi connectivity index (χ0) is 21.1. The van der Waals surface area contributed by atoms with Crippen LogP contribution in [0.5, 0.6) is 11.5 Å². The summed E-state index contributed by atoms with van der Waals surface area (Å²) in [6, 6.07) is 3.58. The summed E-state index contributed by atoms with van der Waals surface area (Å²) in [6.07, 6.45) is 2.42. The number of carbonyl (C=O) groups excluding carboxylic acids is 1. The molecule has 1 aromatic carbocycles. The fourth-order valence-corrected chi connectivity index (χ4v) is 3.69. The number of amides is 1. The molecule has 1 N–H and O–H groups in total. The highest BCUT2D eigenvalue weighted by Gasteiger charge is 2.25. The van der Waals surface area contributed by atoms with Gasteiger partial charge in [0, 0.05) is 36.0 Å². The van der Waals surface area contributed by atoms with Crippen LogP contribution in [0.15, 0.2) is 24.9 Å². The number of carbonyl (C=O) groups is 1. The zero-order valence-corrected chi connectivity index (χ0v) is 17.4. The fourth-order valence-electron chi connectivity index (χ4n) is 3.38. The number of nitrogens with zero attached hydrogens (tertiary/aromatic N) is 3. The highest BCUT2D eigenvalue weighted by Crippen LogP contribution is 2.35. The molecule has 3 rings (SSSR count). The molecule has 1 amide bonds. The number of fused-ring (bicyclic) bond motifs is 1. The minimum absolute atomic E-state index is 0.118. The first kappa shape index (κ1) is 20.9. The molecule has 0 bridgehead atoms. The average molecular weight is 419 g/mol. The van der Waals surface area contributed by atoms with Gasteiger partial charge in [-0.2, -0.15) is 5.10 Å². The summed E-state index contributed by atoms with van der Waals surface area (Å²) >= 11 is -2.51. The minimum atomic E-state index is -2.51. The normalized spacial score (nSPS) is 13.7. The largest absolute Gasteiger partial charge is 0.755 e. The molecule has 0 spiro atoms. The predicted molar refractivity (Wildman–Crippen MR) is 107 cm³/mol. The molecule has 1 aliphatic rings. The summed E-state index contributed by atoms with van der Waals surface area (Å²) in [5, 5.41) is 4.59. The topological polar surface area (TPSA) is 109 Å². The summed E-state index contributed by atoms with van der Waals surface area (Å²) in [6.45, 7) is 7.16. The molecule has 10 heteroatoms. The lowest BCUT2D eigenvalue weighted by Crippen LogP contribution is -2.24. The number of hydrogen-bond acceptors (Lipinski definition) is 6. The average Bonchev–Trinajstić information content (AvgIpc) is 3.24. The number of rotatable bonds is 8. The van der Waals surface area contributed by atoms with Gasteiger partial charge in [0.2, 0.25) is 5.91 Å². The maximum absolute atomic E-state index is 11.9. The number of aromatic nitrogens is 2. The van der Waals surface area contributed by atoms with E-state index in [1.165, 1.54) is 14.2 Å². The molecule has 1 atom stereocenters. The molecule has 1 aromatic heterocycles. The van der Waals surface area contributed by atoms with Crippen molar-refractivity contribution in [2.75, 3.05) is 14.2 Å². The summed E-state index contributed by atoms with van der Waals surface area (Å²) in [5.41, 5.74) is 3.38. The number of benzene rings is 1. The van der Waals surface area contributed by atoms with Gasteiger partial charge in [0.25, 0.3) is 0 Å². The molecule has 29 heavy (non-hydrogen) atoms. The monoisotopic (exact) mass is 419 g/mol. The molecule has 2 heterocycles. The number of ether oxygens (including phenoxy) is 2. The van der Waals surface area contributed by atoms with Crippen molar-refractivity contribution in [2.24, 2.45) is 0 Å². The van der Waals surface area contributed by atoms with Gasteiger partial charge < -0.3 is 23.6 Å². The maximum Gasteiger partial charge on any atom is 0.222 e. The molecule has 0 saturated carbocycles. The molecule has 1 unspecified atom stereocenters. The zero-order valence-electron chi connectivity index (χ0n) is 16.6.